The molecule has 0 amide bonds. The Labute approximate surface area is 96.7 Å². The monoisotopic (exact) mass is 263 g/mol. The molecule has 76 valence electrons. The molecule has 0 spiro atoms. The van der Waals surface area contributed by atoms with Gasteiger partial charge in [-0.3, -0.25) is 0 Å². The molecular formula is C13H13NSe. The third-order valence-corrected chi connectivity index (χ3v) is 4.30. The van der Waals surface area contributed by atoms with Gasteiger partial charge in [0.1, 0.15) is 0 Å². The van der Waals surface area contributed by atoms with Crippen LogP contribution in [0.1, 0.15) is 11.3 Å². The Morgan fingerprint density at radius 3 is 2.67 bits per heavy atom. The molecule has 1 aromatic carbocycles. The van der Waals surface area contributed by atoms with E-state index in [1.807, 2.05) is 12.3 Å². The SMILES string of the molecule is Cc1ccnc(C[Se]c2ccccc2)c1. The molecule has 0 saturated carbocycles. The molecule has 1 aromatic heterocycles. The molecule has 2 heteroatoms. The molecule has 0 aliphatic carbocycles. The average Bonchev–Trinajstić information content (AvgIpc) is 2.28. The van der Waals surface area contributed by atoms with Gasteiger partial charge in [0.05, 0.1) is 0 Å². The number of nitrogens with zero attached hydrogens (tertiary/aromatic N) is 1. The van der Waals surface area contributed by atoms with E-state index < -0.39 is 0 Å². The summed E-state index contributed by atoms with van der Waals surface area (Å²) in [6.45, 7) is 2.11. The maximum atomic E-state index is 4.37. The van der Waals surface area contributed by atoms with E-state index in [0.29, 0.717) is 15.0 Å². The molecule has 0 radical (unpaired) electrons. The predicted molar refractivity (Wildman–Crippen MR) is 64.5 cm³/mol. The second kappa shape index (κ2) is 5.11. The van der Waals surface area contributed by atoms with Crippen molar-refractivity contribution in [1.82, 2.24) is 4.98 Å². The average molecular weight is 262 g/mol. The van der Waals surface area contributed by atoms with E-state index in [2.05, 4.69) is 48.3 Å². The van der Waals surface area contributed by atoms with E-state index in [1.54, 1.807) is 0 Å². The summed E-state index contributed by atoms with van der Waals surface area (Å²) in [4.78, 5) is 4.37. The van der Waals surface area contributed by atoms with Crippen molar-refractivity contribution >= 4 is 19.4 Å². The van der Waals surface area contributed by atoms with Crippen molar-refractivity contribution in [3.63, 3.8) is 0 Å². The van der Waals surface area contributed by atoms with E-state index in [4.69, 9.17) is 0 Å². The summed E-state index contributed by atoms with van der Waals surface area (Å²) in [5.74, 6) is 0. The van der Waals surface area contributed by atoms with Crippen molar-refractivity contribution in [2.24, 2.45) is 0 Å². The number of rotatable bonds is 3. The van der Waals surface area contributed by atoms with Crippen LogP contribution in [0.2, 0.25) is 0 Å². The fourth-order valence-electron chi connectivity index (χ4n) is 1.35. The molecule has 0 fully saturated rings. The Balaban J connectivity index is 1.99. The topological polar surface area (TPSA) is 12.9 Å². The first-order valence-electron chi connectivity index (χ1n) is 4.94. The van der Waals surface area contributed by atoms with Crippen LogP contribution in [-0.4, -0.2) is 19.9 Å². The Morgan fingerprint density at radius 1 is 1.13 bits per heavy atom. The molecule has 0 N–H and O–H groups in total. The second-order valence-electron chi connectivity index (χ2n) is 3.43. The second-order valence-corrected chi connectivity index (χ2v) is 5.63. The quantitative estimate of drug-likeness (QED) is 0.770. The summed E-state index contributed by atoms with van der Waals surface area (Å²) in [5, 5.41) is 1.08. The number of benzene rings is 1. The van der Waals surface area contributed by atoms with Crippen molar-refractivity contribution in [3.8, 4) is 0 Å². The summed E-state index contributed by atoms with van der Waals surface area (Å²) in [6.07, 6.45) is 1.89. The zero-order chi connectivity index (χ0) is 10.5. The summed E-state index contributed by atoms with van der Waals surface area (Å²) in [6, 6.07) is 14.8. The molecule has 0 aliphatic heterocycles. The first-order valence-corrected chi connectivity index (χ1v) is 7.01. The van der Waals surface area contributed by atoms with E-state index in [1.165, 1.54) is 15.7 Å². The Kier molecular flexibility index (Phi) is 3.54. The van der Waals surface area contributed by atoms with Crippen LogP contribution in [0.3, 0.4) is 0 Å². The summed E-state index contributed by atoms with van der Waals surface area (Å²) < 4.78 is 1.44. The van der Waals surface area contributed by atoms with Gasteiger partial charge in [-0.15, -0.1) is 0 Å². The third kappa shape index (κ3) is 3.19. The number of aryl methyl sites for hydroxylation is 1. The molecule has 0 unspecified atom stereocenters. The van der Waals surface area contributed by atoms with Crippen molar-refractivity contribution in [2.75, 3.05) is 0 Å². The van der Waals surface area contributed by atoms with Crippen LogP contribution in [0, 0.1) is 6.92 Å². The van der Waals surface area contributed by atoms with Gasteiger partial charge in [0.2, 0.25) is 0 Å². The molecule has 0 aliphatic rings. The predicted octanol–water partition coefficient (Wildman–Crippen LogP) is 1.92. The van der Waals surface area contributed by atoms with Gasteiger partial charge < -0.3 is 0 Å². The van der Waals surface area contributed by atoms with Gasteiger partial charge in [0.25, 0.3) is 0 Å². The van der Waals surface area contributed by atoms with E-state index in [9.17, 15) is 0 Å². The maximum absolute atomic E-state index is 4.37. The van der Waals surface area contributed by atoms with Gasteiger partial charge >= 0.3 is 96.6 Å². The Morgan fingerprint density at radius 2 is 1.93 bits per heavy atom. The van der Waals surface area contributed by atoms with Crippen LogP contribution >= 0.6 is 0 Å². The number of hydrogen-bond donors (Lipinski definition) is 0. The van der Waals surface area contributed by atoms with Crippen molar-refractivity contribution < 1.29 is 0 Å². The molecule has 2 aromatic rings. The van der Waals surface area contributed by atoms with Crippen molar-refractivity contribution in [2.45, 2.75) is 12.2 Å². The summed E-state index contributed by atoms with van der Waals surface area (Å²) >= 11 is 0.502. The van der Waals surface area contributed by atoms with Gasteiger partial charge in [-0.25, -0.2) is 0 Å². The molecule has 0 atom stereocenters. The first kappa shape index (κ1) is 10.4. The van der Waals surface area contributed by atoms with Crippen molar-refractivity contribution in [3.05, 3.63) is 59.9 Å². The number of aromatic nitrogens is 1. The Hall–Kier alpha value is -1.11. The third-order valence-electron chi connectivity index (χ3n) is 2.10. The van der Waals surface area contributed by atoms with E-state index >= 15 is 0 Å². The summed E-state index contributed by atoms with van der Waals surface area (Å²) in [7, 11) is 0. The normalized spacial score (nSPS) is 10.2. The number of hydrogen-bond acceptors (Lipinski definition) is 1. The molecule has 15 heavy (non-hydrogen) atoms. The molecule has 0 saturated heterocycles. The number of pyridine rings is 1. The van der Waals surface area contributed by atoms with E-state index in [0.717, 1.165) is 5.32 Å². The van der Waals surface area contributed by atoms with Crippen LogP contribution in [0.5, 0.6) is 0 Å². The molecule has 1 nitrogen and oxygen atoms in total. The fraction of sp³-hybridized carbons (Fsp3) is 0.154. The van der Waals surface area contributed by atoms with Gasteiger partial charge in [0.15, 0.2) is 0 Å². The van der Waals surface area contributed by atoms with Gasteiger partial charge in [0, 0.05) is 0 Å². The van der Waals surface area contributed by atoms with Gasteiger partial charge in [-0.2, -0.15) is 0 Å². The minimum absolute atomic E-state index is 0.502. The van der Waals surface area contributed by atoms with Crippen LogP contribution in [0.4, 0.5) is 0 Å². The van der Waals surface area contributed by atoms with Crippen LogP contribution in [-0.2, 0) is 5.32 Å². The zero-order valence-corrected chi connectivity index (χ0v) is 10.4. The van der Waals surface area contributed by atoms with Gasteiger partial charge in [-0.05, 0) is 0 Å². The molecule has 2 rings (SSSR count). The molecule has 1 heterocycles. The minimum atomic E-state index is 0.502. The van der Waals surface area contributed by atoms with Crippen LogP contribution in [0.25, 0.3) is 0 Å². The van der Waals surface area contributed by atoms with Crippen molar-refractivity contribution in [1.29, 1.82) is 0 Å². The van der Waals surface area contributed by atoms with Crippen LogP contribution < -0.4 is 4.46 Å². The Bertz CT molecular complexity index is 426. The summed E-state index contributed by atoms with van der Waals surface area (Å²) in [5.41, 5.74) is 2.50. The van der Waals surface area contributed by atoms with E-state index in [-0.39, 0.29) is 0 Å². The fourth-order valence-corrected chi connectivity index (χ4v) is 3.08. The zero-order valence-electron chi connectivity index (χ0n) is 8.68. The van der Waals surface area contributed by atoms with Gasteiger partial charge in [-0.1, -0.05) is 0 Å². The van der Waals surface area contributed by atoms with Crippen LogP contribution in [0.15, 0.2) is 48.7 Å². The molecular weight excluding hydrogens is 249 g/mol. The first-order chi connectivity index (χ1) is 7.34. The standard InChI is InChI=1S/C13H13NSe/c1-11-7-8-14-12(9-11)10-15-13-5-3-2-4-6-13/h2-9H,10H2,1H3. The molecule has 0 bridgehead atoms.